The van der Waals surface area contributed by atoms with Crippen molar-refractivity contribution in [3.63, 3.8) is 0 Å². The molecule has 1 rings (SSSR count). The zero-order chi connectivity index (χ0) is 22.2. The second kappa shape index (κ2) is 16.1. The van der Waals surface area contributed by atoms with E-state index in [9.17, 15) is 19.5 Å². The number of rotatable bonds is 16. The molecule has 0 spiro atoms. The second-order valence-corrected chi connectivity index (χ2v) is 8.26. The van der Waals surface area contributed by atoms with E-state index in [1.807, 2.05) is 6.08 Å². The Morgan fingerprint density at radius 3 is 2.67 bits per heavy atom. The molecule has 1 fully saturated rings. The van der Waals surface area contributed by atoms with Crippen LogP contribution in [0.5, 0.6) is 0 Å². The SMILES string of the molecule is CCCCC[C@@H](O)C=C[C@H]1CCC(=O)[C@@H]1CCCCCCC(=O)NCC(=O)OCC. The molecule has 1 saturated carbocycles. The Morgan fingerprint density at radius 2 is 1.93 bits per heavy atom. The highest BCUT2D eigenvalue weighted by Crippen LogP contribution is 2.34. The molecule has 6 nitrogen and oxygen atoms in total. The van der Waals surface area contributed by atoms with Crippen LogP contribution in [0.4, 0.5) is 0 Å². The van der Waals surface area contributed by atoms with Crippen LogP contribution in [0.1, 0.15) is 90.9 Å². The summed E-state index contributed by atoms with van der Waals surface area (Å²) < 4.78 is 4.77. The summed E-state index contributed by atoms with van der Waals surface area (Å²) in [6.45, 7) is 4.13. The van der Waals surface area contributed by atoms with Gasteiger partial charge in [0.1, 0.15) is 12.3 Å². The first-order valence-corrected chi connectivity index (χ1v) is 11.8. The lowest BCUT2D eigenvalue weighted by atomic mass is 9.89. The number of aliphatic hydroxyl groups is 1. The average Bonchev–Trinajstić information content (AvgIpc) is 3.07. The average molecular weight is 424 g/mol. The van der Waals surface area contributed by atoms with Gasteiger partial charge in [-0.2, -0.15) is 0 Å². The lowest BCUT2D eigenvalue weighted by Gasteiger charge is -2.15. The van der Waals surface area contributed by atoms with Gasteiger partial charge in [0, 0.05) is 18.8 Å². The summed E-state index contributed by atoms with van der Waals surface area (Å²) in [6.07, 6.45) is 14.2. The van der Waals surface area contributed by atoms with E-state index in [2.05, 4.69) is 18.3 Å². The van der Waals surface area contributed by atoms with Gasteiger partial charge in [-0.1, -0.05) is 57.6 Å². The highest BCUT2D eigenvalue weighted by molar-refractivity contribution is 5.83. The summed E-state index contributed by atoms with van der Waals surface area (Å²) in [5.74, 6) is 0.147. The first-order chi connectivity index (χ1) is 14.5. The number of hydrogen-bond acceptors (Lipinski definition) is 5. The van der Waals surface area contributed by atoms with Crippen LogP contribution in [0.3, 0.4) is 0 Å². The normalized spacial score (nSPS) is 19.9. The molecule has 1 aliphatic rings. The predicted octanol–water partition coefficient (Wildman–Crippen LogP) is 4.10. The summed E-state index contributed by atoms with van der Waals surface area (Å²) in [7, 11) is 0. The van der Waals surface area contributed by atoms with Crippen molar-refractivity contribution in [3.8, 4) is 0 Å². The maximum atomic E-state index is 12.2. The van der Waals surface area contributed by atoms with Gasteiger partial charge in [0.2, 0.25) is 5.91 Å². The number of hydrogen-bond donors (Lipinski definition) is 2. The van der Waals surface area contributed by atoms with Gasteiger partial charge < -0.3 is 15.2 Å². The quantitative estimate of drug-likeness (QED) is 0.221. The fourth-order valence-corrected chi connectivity index (χ4v) is 3.98. The van der Waals surface area contributed by atoms with E-state index in [4.69, 9.17) is 4.74 Å². The Hall–Kier alpha value is -1.69. The molecule has 0 bridgehead atoms. The van der Waals surface area contributed by atoms with Crippen LogP contribution in [0.25, 0.3) is 0 Å². The number of esters is 1. The number of ether oxygens (including phenoxy) is 1. The van der Waals surface area contributed by atoms with Crippen LogP contribution in [0.2, 0.25) is 0 Å². The second-order valence-electron chi connectivity index (χ2n) is 8.26. The van der Waals surface area contributed by atoms with Crippen molar-refractivity contribution in [2.75, 3.05) is 13.2 Å². The van der Waals surface area contributed by atoms with E-state index in [1.54, 1.807) is 6.92 Å². The van der Waals surface area contributed by atoms with Gasteiger partial charge in [0.05, 0.1) is 12.7 Å². The van der Waals surface area contributed by atoms with Crippen molar-refractivity contribution < 1.29 is 24.2 Å². The molecule has 1 amide bonds. The molecule has 0 aromatic carbocycles. The van der Waals surface area contributed by atoms with Gasteiger partial charge in [0.25, 0.3) is 0 Å². The molecule has 0 heterocycles. The molecule has 0 unspecified atom stereocenters. The third kappa shape index (κ3) is 11.5. The molecular formula is C24H41NO5. The Kier molecular flexibility index (Phi) is 14.1. The molecule has 30 heavy (non-hydrogen) atoms. The van der Waals surface area contributed by atoms with E-state index < -0.39 is 12.1 Å². The lowest BCUT2D eigenvalue weighted by molar-refractivity contribution is -0.143. The van der Waals surface area contributed by atoms with E-state index >= 15 is 0 Å². The summed E-state index contributed by atoms with van der Waals surface area (Å²) in [5.41, 5.74) is 0. The molecule has 0 saturated heterocycles. The molecule has 6 heteroatoms. The van der Waals surface area contributed by atoms with Gasteiger partial charge in [-0.25, -0.2) is 0 Å². The highest BCUT2D eigenvalue weighted by atomic mass is 16.5. The Labute approximate surface area is 181 Å². The summed E-state index contributed by atoms with van der Waals surface area (Å²) in [4.78, 5) is 35.1. The molecule has 0 aliphatic heterocycles. The number of carbonyl (C=O) groups is 3. The van der Waals surface area contributed by atoms with Crippen molar-refractivity contribution in [2.45, 2.75) is 97.0 Å². The Morgan fingerprint density at radius 1 is 1.17 bits per heavy atom. The topological polar surface area (TPSA) is 92.7 Å². The molecular weight excluding hydrogens is 382 g/mol. The number of ketones is 1. The van der Waals surface area contributed by atoms with Crippen molar-refractivity contribution in [3.05, 3.63) is 12.2 Å². The van der Waals surface area contributed by atoms with Crippen LogP contribution in [0.15, 0.2) is 12.2 Å². The number of carbonyl (C=O) groups excluding carboxylic acids is 3. The highest BCUT2D eigenvalue weighted by Gasteiger charge is 2.32. The van der Waals surface area contributed by atoms with Crippen LogP contribution in [-0.2, 0) is 19.1 Å². The number of amides is 1. The molecule has 0 radical (unpaired) electrons. The largest absolute Gasteiger partial charge is 0.465 e. The minimum atomic E-state index is -0.413. The molecule has 0 aromatic heterocycles. The smallest absolute Gasteiger partial charge is 0.325 e. The minimum absolute atomic E-state index is 0.0708. The first kappa shape index (κ1) is 26.3. The number of aliphatic hydroxyl groups excluding tert-OH is 1. The minimum Gasteiger partial charge on any atom is -0.465 e. The third-order valence-corrected chi connectivity index (χ3v) is 5.74. The summed E-state index contributed by atoms with van der Waals surface area (Å²) >= 11 is 0. The number of nitrogens with one attached hydrogen (secondary N) is 1. The fourth-order valence-electron chi connectivity index (χ4n) is 3.98. The first-order valence-electron chi connectivity index (χ1n) is 11.8. The van der Waals surface area contributed by atoms with Crippen molar-refractivity contribution in [1.29, 1.82) is 0 Å². The zero-order valence-electron chi connectivity index (χ0n) is 18.9. The predicted molar refractivity (Wildman–Crippen MR) is 118 cm³/mol. The molecule has 3 atom stereocenters. The van der Waals surface area contributed by atoms with Crippen molar-refractivity contribution in [2.24, 2.45) is 11.8 Å². The van der Waals surface area contributed by atoms with Gasteiger partial charge in [-0.3, -0.25) is 14.4 Å². The van der Waals surface area contributed by atoms with Gasteiger partial charge >= 0.3 is 5.97 Å². The lowest BCUT2D eigenvalue weighted by Crippen LogP contribution is -2.30. The van der Waals surface area contributed by atoms with E-state index in [-0.39, 0.29) is 24.3 Å². The van der Waals surface area contributed by atoms with Crippen molar-refractivity contribution >= 4 is 17.7 Å². The summed E-state index contributed by atoms with van der Waals surface area (Å²) in [6, 6.07) is 0. The molecule has 1 aliphatic carbocycles. The zero-order valence-corrected chi connectivity index (χ0v) is 18.9. The van der Waals surface area contributed by atoms with E-state index in [0.29, 0.717) is 25.2 Å². The number of allylic oxidation sites excluding steroid dienone is 1. The van der Waals surface area contributed by atoms with Gasteiger partial charge in [-0.15, -0.1) is 0 Å². The van der Waals surface area contributed by atoms with Crippen LogP contribution in [-0.4, -0.2) is 42.0 Å². The van der Waals surface area contributed by atoms with Crippen LogP contribution >= 0.6 is 0 Å². The Balaban J connectivity index is 2.19. The maximum absolute atomic E-state index is 12.2. The van der Waals surface area contributed by atoms with Crippen LogP contribution < -0.4 is 5.32 Å². The molecule has 172 valence electrons. The third-order valence-electron chi connectivity index (χ3n) is 5.74. The number of unbranched alkanes of at least 4 members (excludes halogenated alkanes) is 5. The van der Waals surface area contributed by atoms with E-state index in [1.165, 1.54) is 0 Å². The van der Waals surface area contributed by atoms with E-state index in [0.717, 1.165) is 64.2 Å². The molecule has 2 N–H and O–H groups in total. The number of Topliss-reactive ketones (excluding diaryl/α,β-unsaturated/α-hetero) is 1. The standard InChI is InChI=1S/C24H41NO5/c1-3-5-8-11-20(26)16-14-19-15-17-22(27)21(19)12-9-6-7-10-13-23(28)25-18-24(29)30-4-2/h14,16,19-21,26H,3-13,15,17-18H2,1-2H3,(H,25,28)/t19-,20+,21+/m0/s1. The monoisotopic (exact) mass is 423 g/mol. The fraction of sp³-hybridized carbons (Fsp3) is 0.792. The summed E-state index contributed by atoms with van der Waals surface area (Å²) in [5, 5.41) is 12.6. The van der Waals surface area contributed by atoms with Crippen molar-refractivity contribution in [1.82, 2.24) is 5.32 Å². The van der Waals surface area contributed by atoms with Gasteiger partial charge in [-0.05, 0) is 38.5 Å². The van der Waals surface area contributed by atoms with Crippen LogP contribution in [0, 0.1) is 11.8 Å². The molecule has 0 aromatic rings. The Bertz CT molecular complexity index is 546. The maximum Gasteiger partial charge on any atom is 0.325 e. The van der Waals surface area contributed by atoms with Gasteiger partial charge in [0.15, 0.2) is 0 Å².